The number of halogens is 2. The third-order valence-corrected chi connectivity index (χ3v) is 6.98. The standard InChI is InChI=1S/C23H29Cl2N3O4S/c1-5-12-26-23(30)17(3)27(14-18-10-11-19(24)20(25)13-18)22(29)15-28(33(4,31)32)21-9-7-6-8-16(21)2/h6-11,13,17H,5,12,14-15H2,1-4H3,(H,26,30). The summed E-state index contributed by atoms with van der Waals surface area (Å²) in [4.78, 5) is 27.5. The SMILES string of the molecule is CCCNC(=O)C(C)N(Cc1ccc(Cl)c(Cl)c1)C(=O)CN(c1ccccc1C)S(C)(=O)=O. The van der Waals surface area contributed by atoms with Gasteiger partial charge in [-0.25, -0.2) is 8.42 Å². The summed E-state index contributed by atoms with van der Waals surface area (Å²) in [5.41, 5.74) is 1.78. The Kier molecular flexibility index (Phi) is 9.57. The van der Waals surface area contributed by atoms with Crippen molar-refractivity contribution in [2.24, 2.45) is 0 Å². The third-order valence-electron chi connectivity index (χ3n) is 5.12. The van der Waals surface area contributed by atoms with Crippen LogP contribution in [-0.2, 0) is 26.2 Å². The van der Waals surface area contributed by atoms with Gasteiger partial charge in [0.25, 0.3) is 0 Å². The minimum Gasteiger partial charge on any atom is -0.354 e. The van der Waals surface area contributed by atoms with E-state index in [0.29, 0.717) is 33.4 Å². The molecule has 2 amide bonds. The van der Waals surface area contributed by atoms with Crippen LogP contribution in [-0.4, -0.2) is 50.5 Å². The summed E-state index contributed by atoms with van der Waals surface area (Å²) in [5, 5.41) is 3.48. The van der Waals surface area contributed by atoms with Crippen LogP contribution in [0.2, 0.25) is 10.0 Å². The zero-order valence-electron chi connectivity index (χ0n) is 19.1. The predicted octanol–water partition coefficient (Wildman–Crippen LogP) is 4.01. The average molecular weight is 514 g/mol. The molecule has 0 heterocycles. The minimum atomic E-state index is -3.77. The fourth-order valence-electron chi connectivity index (χ4n) is 3.25. The highest BCUT2D eigenvalue weighted by Gasteiger charge is 2.30. The van der Waals surface area contributed by atoms with Crippen molar-refractivity contribution in [3.8, 4) is 0 Å². The van der Waals surface area contributed by atoms with Gasteiger partial charge in [0, 0.05) is 13.1 Å². The number of nitrogens with zero attached hydrogens (tertiary/aromatic N) is 2. The molecule has 0 aromatic heterocycles. The summed E-state index contributed by atoms with van der Waals surface area (Å²) < 4.78 is 26.2. The van der Waals surface area contributed by atoms with Crippen molar-refractivity contribution < 1.29 is 18.0 Å². The highest BCUT2D eigenvalue weighted by Crippen LogP contribution is 2.25. The predicted molar refractivity (Wildman–Crippen MR) is 133 cm³/mol. The van der Waals surface area contributed by atoms with E-state index in [0.717, 1.165) is 17.0 Å². The van der Waals surface area contributed by atoms with Crippen LogP contribution in [0.3, 0.4) is 0 Å². The van der Waals surface area contributed by atoms with E-state index in [4.69, 9.17) is 23.2 Å². The van der Waals surface area contributed by atoms with Crippen molar-refractivity contribution >= 4 is 50.7 Å². The van der Waals surface area contributed by atoms with Gasteiger partial charge >= 0.3 is 0 Å². The smallest absolute Gasteiger partial charge is 0.244 e. The van der Waals surface area contributed by atoms with E-state index in [-0.39, 0.29) is 12.5 Å². The lowest BCUT2D eigenvalue weighted by Gasteiger charge is -2.32. The maximum absolute atomic E-state index is 13.4. The quantitative estimate of drug-likeness (QED) is 0.519. The zero-order chi connectivity index (χ0) is 24.8. The monoisotopic (exact) mass is 513 g/mol. The molecule has 180 valence electrons. The summed E-state index contributed by atoms with van der Waals surface area (Å²) in [6.45, 7) is 5.38. The van der Waals surface area contributed by atoms with Gasteiger partial charge in [-0.3, -0.25) is 13.9 Å². The Hall–Kier alpha value is -2.29. The van der Waals surface area contributed by atoms with Crippen molar-refractivity contribution in [3.05, 3.63) is 63.6 Å². The molecule has 2 aromatic carbocycles. The number of hydrogen-bond donors (Lipinski definition) is 1. The van der Waals surface area contributed by atoms with Gasteiger partial charge in [0.15, 0.2) is 0 Å². The number of sulfonamides is 1. The van der Waals surface area contributed by atoms with E-state index < -0.39 is 28.5 Å². The topological polar surface area (TPSA) is 86.8 Å². The van der Waals surface area contributed by atoms with Crippen LogP contribution in [0.4, 0.5) is 5.69 Å². The molecule has 0 bridgehead atoms. The molecule has 0 aliphatic rings. The first-order chi connectivity index (χ1) is 15.5. The van der Waals surface area contributed by atoms with Gasteiger partial charge in [0.05, 0.1) is 22.0 Å². The molecule has 2 aromatic rings. The fourth-order valence-corrected chi connectivity index (χ4v) is 4.48. The van der Waals surface area contributed by atoms with E-state index >= 15 is 0 Å². The molecular formula is C23H29Cl2N3O4S. The van der Waals surface area contributed by atoms with Crippen LogP contribution in [0.5, 0.6) is 0 Å². The summed E-state index contributed by atoms with van der Waals surface area (Å²) in [7, 11) is -3.77. The van der Waals surface area contributed by atoms with Gasteiger partial charge < -0.3 is 10.2 Å². The highest BCUT2D eigenvalue weighted by molar-refractivity contribution is 7.92. The molecule has 10 heteroatoms. The van der Waals surface area contributed by atoms with Crippen LogP contribution in [0.25, 0.3) is 0 Å². The van der Waals surface area contributed by atoms with E-state index in [9.17, 15) is 18.0 Å². The van der Waals surface area contributed by atoms with Crippen LogP contribution < -0.4 is 9.62 Å². The number of benzene rings is 2. The number of rotatable bonds is 10. The molecule has 0 saturated carbocycles. The van der Waals surface area contributed by atoms with Gasteiger partial charge in [-0.2, -0.15) is 0 Å². The van der Waals surface area contributed by atoms with Crippen molar-refractivity contribution in [2.45, 2.75) is 39.8 Å². The van der Waals surface area contributed by atoms with Crippen molar-refractivity contribution in [2.75, 3.05) is 23.7 Å². The number of carbonyl (C=O) groups is 2. The second-order valence-electron chi connectivity index (χ2n) is 7.79. The first kappa shape index (κ1) is 27.0. The molecule has 7 nitrogen and oxygen atoms in total. The van der Waals surface area contributed by atoms with Gasteiger partial charge in [0.1, 0.15) is 12.6 Å². The van der Waals surface area contributed by atoms with E-state index in [1.807, 2.05) is 6.92 Å². The Balaban J connectivity index is 2.40. The third kappa shape index (κ3) is 7.35. The van der Waals surface area contributed by atoms with E-state index in [1.165, 1.54) is 4.90 Å². The lowest BCUT2D eigenvalue weighted by Crippen LogP contribution is -2.51. The number of hydrogen-bond acceptors (Lipinski definition) is 4. The van der Waals surface area contributed by atoms with Crippen LogP contribution in [0.15, 0.2) is 42.5 Å². The Morgan fingerprint density at radius 2 is 1.76 bits per heavy atom. The van der Waals surface area contributed by atoms with E-state index in [2.05, 4.69) is 5.32 Å². The van der Waals surface area contributed by atoms with Crippen LogP contribution >= 0.6 is 23.2 Å². The molecule has 0 aliphatic carbocycles. The lowest BCUT2D eigenvalue weighted by molar-refractivity contribution is -0.139. The molecule has 1 unspecified atom stereocenters. The molecule has 1 N–H and O–H groups in total. The Bertz CT molecular complexity index is 1110. The highest BCUT2D eigenvalue weighted by atomic mass is 35.5. The molecule has 0 saturated heterocycles. The maximum atomic E-state index is 13.4. The molecule has 0 radical (unpaired) electrons. The Morgan fingerprint density at radius 3 is 2.33 bits per heavy atom. The number of aryl methyl sites for hydroxylation is 1. The number of nitrogens with one attached hydrogen (secondary N) is 1. The fraction of sp³-hybridized carbons (Fsp3) is 0.391. The average Bonchev–Trinajstić information content (AvgIpc) is 2.75. The summed E-state index contributed by atoms with van der Waals surface area (Å²) in [5.74, 6) is -0.846. The maximum Gasteiger partial charge on any atom is 0.244 e. The van der Waals surface area contributed by atoms with Crippen molar-refractivity contribution in [1.29, 1.82) is 0 Å². The largest absolute Gasteiger partial charge is 0.354 e. The Morgan fingerprint density at radius 1 is 1.09 bits per heavy atom. The van der Waals surface area contributed by atoms with Crippen molar-refractivity contribution in [3.63, 3.8) is 0 Å². The first-order valence-corrected chi connectivity index (χ1v) is 13.1. The normalized spacial score (nSPS) is 12.2. The van der Waals surface area contributed by atoms with Gasteiger partial charge in [-0.05, 0) is 49.6 Å². The number of carbonyl (C=O) groups excluding carboxylic acids is 2. The van der Waals surface area contributed by atoms with Crippen LogP contribution in [0, 0.1) is 6.92 Å². The minimum absolute atomic E-state index is 0.0573. The molecule has 0 aliphatic heterocycles. The molecule has 2 rings (SSSR count). The molecular weight excluding hydrogens is 485 g/mol. The summed E-state index contributed by atoms with van der Waals surface area (Å²) in [6.07, 6.45) is 1.79. The number of para-hydroxylation sites is 1. The molecule has 1 atom stereocenters. The van der Waals surface area contributed by atoms with Crippen LogP contribution in [0.1, 0.15) is 31.4 Å². The summed E-state index contributed by atoms with van der Waals surface area (Å²) >= 11 is 12.1. The molecule has 33 heavy (non-hydrogen) atoms. The Labute approximate surface area is 205 Å². The van der Waals surface area contributed by atoms with E-state index in [1.54, 1.807) is 56.3 Å². The van der Waals surface area contributed by atoms with Gasteiger partial charge in [-0.15, -0.1) is 0 Å². The van der Waals surface area contributed by atoms with Gasteiger partial charge in [-0.1, -0.05) is 54.4 Å². The lowest BCUT2D eigenvalue weighted by atomic mass is 10.1. The molecule has 0 spiro atoms. The molecule has 0 fully saturated rings. The second kappa shape index (κ2) is 11.7. The van der Waals surface area contributed by atoms with Crippen molar-refractivity contribution in [1.82, 2.24) is 10.2 Å². The zero-order valence-corrected chi connectivity index (χ0v) is 21.5. The first-order valence-electron chi connectivity index (χ1n) is 10.5. The van der Waals surface area contributed by atoms with Gasteiger partial charge in [0.2, 0.25) is 21.8 Å². The summed E-state index contributed by atoms with van der Waals surface area (Å²) in [6, 6.07) is 11.0. The second-order valence-corrected chi connectivity index (χ2v) is 10.5. The number of anilines is 1. The number of amides is 2.